The molecule has 3 amide bonds. The number of aromatic nitrogens is 4. The number of para-hydroxylation sites is 1. The number of rotatable bonds is 6. The highest BCUT2D eigenvalue weighted by atomic mass is 32.2. The van der Waals surface area contributed by atoms with E-state index in [0.29, 0.717) is 23.1 Å². The Morgan fingerprint density at radius 2 is 2.00 bits per heavy atom. The highest BCUT2D eigenvalue weighted by Gasteiger charge is 2.13. The molecule has 0 aliphatic heterocycles. The number of urea groups is 1. The summed E-state index contributed by atoms with van der Waals surface area (Å²) in [6.45, 7) is 0.360. The Hall–Kier alpha value is -3.14. The number of amides is 3. The molecule has 0 aliphatic rings. The molecule has 0 radical (unpaired) electrons. The number of benzene rings is 1. The molecule has 9 nitrogen and oxygen atoms in total. The second-order valence-corrected chi connectivity index (χ2v) is 5.80. The molecular weight excluding hydrogens is 344 g/mol. The molecular formula is C15H14N6O3S. The number of carbonyl (C=O) groups is 2. The number of furan rings is 1. The van der Waals surface area contributed by atoms with Gasteiger partial charge >= 0.3 is 6.03 Å². The molecule has 1 aromatic carbocycles. The third kappa shape index (κ3) is 4.91. The third-order valence-electron chi connectivity index (χ3n) is 3.00. The van der Waals surface area contributed by atoms with Gasteiger partial charge in [0.1, 0.15) is 12.3 Å². The fraction of sp³-hybridized carbons (Fsp3) is 0.133. The lowest BCUT2D eigenvalue weighted by molar-refractivity contribution is -0.117. The van der Waals surface area contributed by atoms with Crippen molar-refractivity contribution in [2.24, 2.45) is 0 Å². The molecule has 0 saturated carbocycles. The smallest absolute Gasteiger partial charge is 0.325 e. The largest absolute Gasteiger partial charge is 0.467 e. The topological polar surface area (TPSA) is 115 Å². The van der Waals surface area contributed by atoms with E-state index in [4.69, 9.17) is 4.42 Å². The van der Waals surface area contributed by atoms with Gasteiger partial charge in [-0.15, -0.1) is 5.10 Å². The summed E-state index contributed by atoms with van der Waals surface area (Å²) >= 11 is 1.13. The van der Waals surface area contributed by atoms with E-state index in [1.807, 2.05) is 6.07 Å². The van der Waals surface area contributed by atoms with Gasteiger partial charge in [0.15, 0.2) is 0 Å². The van der Waals surface area contributed by atoms with E-state index in [0.717, 1.165) is 11.8 Å². The van der Waals surface area contributed by atoms with E-state index in [2.05, 4.69) is 26.2 Å². The summed E-state index contributed by atoms with van der Waals surface area (Å²) in [6.07, 6.45) is 1.56. The summed E-state index contributed by atoms with van der Waals surface area (Å²) in [5.74, 6) is 0.243. The van der Waals surface area contributed by atoms with Crippen LogP contribution in [-0.4, -0.2) is 37.9 Å². The Labute approximate surface area is 146 Å². The van der Waals surface area contributed by atoms with Gasteiger partial charge in [-0.1, -0.05) is 30.0 Å². The Bertz CT molecular complexity index is 834. The Balaban J connectivity index is 1.48. The molecule has 0 unspecified atom stereocenters. The van der Waals surface area contributed by atoms with Crippen molar-refractivity contribution >= 4 is 29.4 Å². The van der Waals surface area contributed by atoms with Gasteiger partial charge in [-0.2, -0.15) is 0 Å². The molecule has 0 atom stereocenters. The monoisotopic (exact) mass is 358 g/mol. The van der Waals surface area contributed by atoms with Crippen molar-refractivity contribution in [1.82, 2.24) is 25.5 Å². The first-order chi connectivity index (χ1) is 12.2. The molecule has 3 aromatic rings. The van der Waals surface area contributed by atoms with Gasteiger partial charge in [-0.25, -0.2) is 9.48 Å². The van der Waals surface area contributed by atoms with Crippen LogP contribution in [0, 0.1) is 0 Å². The van der Waals surface area contributed by atoms with Gasteiger partial charge in [-0.3, -0.25) is 10.1 Å². The van der Waals surface area contributed by atoms with Gasteiger partial charge in [0.2, 0.25) is 11.1 Å². The zero-order chi connectivity index (χ0) is 17.5. The first-order valence-corrected chi connectivity index (χ1v) is 8.26. The van der Waals surface area contributed by atoms with Crippen molar-refractivity contribution in [2.75, 3.05) is 11.1 Å². The van der Waals surface area contributed by atoms with E-state index < -0.39 is 11.9 Å². The Morgan fingerprint density at radius 1 is 1.16 bits per heavy atom. The van der Waals surface area contributed by atoms with Gasteiger partial charge in [0.25, 0.3) is 0 Å². The SMILES string of the molecule is O=C(CSc1nnnn1Cc1ccco1)NC(=O)Nc1ccccc1. The van der Waals surface area contributed by atoms with Crippen molar-refractivity contribution in [3.8, 4) is 0 Å². The first kappa shape index (κ1) is 16.7. The zero-order valence-corrected chi connectivity index (χ0v) is 13.8. The van der Waals surface area contributed by atoms with Gasteiger partial charge in [0.05, 0.1) is 12.0 Å². The molecule has 10 heteroatoms. The Kier molecular flexibility index (Phi) is 5.42. The van der Waals surface area contributed by atoms with Crippen LogP contribution in [0.25, 0.3) is 0 Å². The van der Waals surface area contributed by atoms with E-state index >= 15 is 0 Å². The Morgan fingerprint density at radius 3 is 2.76 bits per heavy atom. The maximum atomic E-state index is 11.9. The first-order valence-electron chi connectivity index (χ1n) is 7.28. The molecule has 3 rings (SSSR count). The predicted molar refractivity (Wildman–Crippen MR) is 90.0 cm³/mol. The van der Waals surface area contributed by atoms with Crippen LogP contribution in [0.2, 0.25) is 0 Å². The number of nitrogens with one attached hydrogen (secondary N) is 2. The predicted octanol–water partition coefficient (Wildman–Crippen LogP) is 1.75. The number of imide groups is 1. The summed E-state index contributed by atoms with van der Waals surface area (Å²) in [5, 5.41) is 16.6. The lowest BCUT2D eigenvalue weighted by Gasteiger charge is -2.06. The summed E-state index contributed by atoms with van der Waals surface area (Å²) in [5.41, 5.74) is 0.600. The van der Waals surface area contributed by atoms with Crippen LogP contribution < -0.4 is 10.6 Å². The van der Waals surface area contributed by atoms with Gasteiger partial charge < -0.3 is 9.73 Å². The maximum absolute atomic E-state index is 11.9. The summed E-state index contributed by atoms with van der Waals surface area (Å²) < 4.78 is 6.75. The maximum Gasteiger partial charge on any atom is 0.325 e. The highest BCUT2D eigenvalue weighted by molar-refractivity contribution is 7.99. The summed E-state index contributed by atoms with van der Waals surface area (Å²) in [6, 6.07) is 11.8. The quantitative estimate of drug-likeness (QED) is 0.645. The van der Waals surface area contributed by atoms with E-state index in [1.165, 1.54) is 4.68 Å². The second kappa shape index (κ2) is 8.11. The number of nitrogens with zero attached hydrogens (tertiary/aromatic N) is 4. The molecule has 128 valence electrons. The minimum Gasteiger partial charge on any atom is -0.467 e. The third-order valence-corrected chi connectivity index (χ3v) is 3.96. The van der Waals surface area contributed by atoms with Crippen LogP contribution in [0.1, 0.15) is 5.76 Å². The van der Waals surface area contributed by atoms with E-state index in [1.54, 1.807) is 42.7 Å². The number of hydrogen-bond donors (Lipinski definition) is 2. The molecule has 2 N–H and O–H groups in total. The number of thioether (sulfide) groups is 1. The second-order valence-electron chi connectivity index (χ2n) is 4.86. The molecule has 0 aliphatic carbocycles. The lowest BCUT2D eigenvalue weighted by Crippen LogP contribution is -2.35. The number of anilines is 1. The van der Waals surface area contributed by atoms with Crippen LogP contribution in [0.5, 0.6) is 0 Å². The van der Waals surface area contributed by atoms with Crippen LogP contribution >= 0.6 is 11.8 Å². The van der Waals surface area contributed by atoms with Crippen LogP contribution in [0.4, 0.5) is 10.5 Å². The van der Waals surface area contributed by atoms with E-state index in [-0.39, 0.29) is 5.75 Å². The van der Waals surface area contributed by atoms with Gasteiger partial charge in [-0.05, 0) is 34.7 Å². The van der Waals surface area contributed by atoms with Crippen LogP contribution in [-0.2, 0) is 11.3 Å². The minimum absolute atomic E-state index is 0.000732. The highest BCUT2D eigenvalue weighted by Crippen LogP contribution is 2.15. The molecule has 0 fully saturated rings. The standard InChI is InChI=1S/C15H14N6O3S/c22-13(17-14(23)16-11-5-2-1-3-6-11)10-25-15-18-19-20-21(15)9-12-7-4-8-24-12/h1-8H,9-10H2,(H2,16,17,22,23). The fourth-order valence-electron chi connectivity index (χ4n) is 1.93. The van der Waals surface area contributed by atoms with Crippen molar-refractivity contribution in [1.29, 1.82) is 0 Å². The molecule has 2 heterocycles. The molecule has 0 saturated heterocycles. The van der Waals surface area contributed by atoms with Crippen LogP contribution in [0.3, 0.4) is 0 Å². The van der Waals surface area contributed by atoms with Crippen molar-refractivity contribution in [2.45, 2.75) is 11.7 Å². The zero-order valence-electron chi connectivity index (χ0n) is 13.0. The minimum atomic E-state index is -0.591. The molecule has 0 spiro atoms. The summed E-state index contributed by atoms with van der Waals surface area (Å²) in [7, 11) is 0. The molecule has 2 aromatic heterocycles. The fourth-order valence-corrected chi connectivity index (χ4v) is 2.60. The molecule has 0 bridgehead atoms. The van der Waals surface area contributed by atoms with Crippen molar-refractivity contribution in [3.05, 3.63) is 54.5 Å². The normalized spacial score (nSPS) is 10.4. The number of carbonyl (C=O) groups excluding carboxylic acids is 2. The van der Waals surface area contributed by atoms with Crippen molar-refractivity contribution < 1.29 is 14.0 Å². The van der Waals surface area contributed by atoms with Crippen LogP contribution in [0.15, 0.2) is 58.3 Å². The van der Waals surface area contributed by atoms with Crippen molar-refractivity contribution in [3.63, 3.8) is 0 Å². The number of tetrazole rings is 1. The molecule has 25 heavy (non-hydrogen) atoms. The summed E-state index contributed by atoms with van der Waals surface area (Å²) in [4.78, 5) is 23.6. The van der Waals surface area contributed by atoms with E-state index in [9.17, 15) is 9.59 Å². The average molecular weight is 358 g/mol. The lowest BCUT2D eigenvalue weighted by atomic mass is 10.3. The number of hydrogen-bond acceptors (Lipinski definition) is 7. The average Bonchev–Trinajstić information content (AvgIpc) is 3.26. The van der Waals surface area contributed by atoms with Gasteiger partial charge in [0, 0.05) is 5.69 Å².